The minimum Gasteiger partial charge on any atom is -0.335 e. The summed E-state index contributed by atoms with van der Waals surface area (Å²) in [5.74, 6) is 0.0475. The van der Waals surface area contributed by atoms with E-state index < -0.39 is 0 Å². The van der Waals surface area contributed by atoms with Crippen LogP contribution in [0.3, 0.4) is 0 Å². The molecule has 3 aliphatic rings. The highest BCUT2D eigenvalue weighted by Gasteiger charge is 2.55. The van der Waals surface area contributed by atoms with Crippen LogP contribution in [0.1, 0.15) is 37.7 Å². The molecule has 0 aromatic heterocycles. The van der Waals surface area contributed by atoms with Gasteiger partial charge >= 0.3 is 0 Å². The smallest absolute Gasteiger partial charge is 0.233 e. The Hall–Kier alpha value is -1.42. The first-order valence-electron chi connectivity index (χ1n) is 8.00. The van der Waals surface area contributed by atoms with Crippen LogP contribution in [-0.4, -0.2) is 36.0 Å². The van der Waals surface area contributed by atoms with Crippen LogP contribution in [0.4, 0.5) is 4.39 Å². The van der Waals surface area contributed by atoms with Gasteiger partial charge in [0.25, 0.3) is 0 Å². The summed E-state index contributed by atoms with van der Waals surface area (Å²) in [6.07, 6.45) is 5.11. The predicted octanol–water partition coefficient (Wildman–Crippen LogP) is 2.21. The van der Waals surface area contributed by atoms with E-state index in [1.807, 2.05) is 0 Å². The van der Waals surface area contributed by atoms with Crippen molar-refractivity contribution in [3.05, 3.63) is 35.6 Å². The molecule has 2 bridgehead atoms. The third-order valence-corrected chi connectivity index (χ3v) is 5.44. The maximum Gasteiger partial charge on any atom is 0.233 e. The molecule has 0 spiro atoms. The average Bonchev–Trinajstić information content (AvgIpc) is 3.20. The predicted molar refractivity (Wildman–Crippen MR) is 78.5 cm³/mol. The highest BCUT2D eigenvalue weighted by Crippen LogP contribution is 2.51. The Morgan fingerprint density at radius 1 is 1.14 bits per heavy atom. The second-order valence-corrected chi connectivity index (χ2v) is 6.68. The van der Waals surface area contributed by atoms with Crippen molar-refractivity contribution < 1.29 is 9.18 Å². The van der Waals surface area contributed by atoms with Crippen molar-refractivity contribution in [1.29, 1.82) is 0 Å². The molecule has 112 valence electrons. The van der Waals surface area contributed by atoms with Crippen LogP contribution in [0.15, 0.2) is 24.3 Å². The highest BCUT2D eigenvalue weighted by atomic mass is 19.1. The van der Waals surface area contributed by atoms with Crippen molar-refractivity contribution >= 4 is 5.91 Å². The third-order valence-electron chi connectivity index (χ3n) is 5.44. The normalized spacial score (nSPS) is 30.0. The van der Waals surface area contributed by atoms with E-state index in [0.29, 0.717) is 12.1 Å². The molecule has 2 unspecified atom stereocenters. The molecule has 4 rings (SSSR count). The van der Waals surface area contributed by atoms with Gasteiger partial charge in [0.2, 0.25) is 5.91 Å². The summed E-state index contributed by atoms with van der Waals surface area (Å²) in [5, 5.41) is 3.44. The molecule has 1 N–H and O–H groups in total. The first-order valence-corrected chi connectivity index (χ1v) is 8.00. The summed E-state index contributed by atoms with van der Waals surface area (Å²) in [7, 11) is 0. The zero-order valence-corrected chi connectivity index (χ0v) is 12.1. The molecule has 1 aliphatic carbocycles. The topological polar surface area (TPSA) is 32.3 Å². The number of carbonyl (C=O) groups excluding carboxylic acids is 1. The number of hydrogen-bond acceptors (Lipinski definition) is 2. The number of hydrogen-bond donors (Lipinski definition) is 1. The van der Waals surface area contributed by atoms with E-state index in [9.17, 15) is 9.18 Å². The second-order valence-electron chi connectivity index (χ2n) is 6.68. The maximum absolute atomic E-state index is 13.2. The Morgan fingerprint density at radius 3 is 2.57 bits per heavy atom. The number of nitrogens with zero attached hydrogens (tertiary/aromatic N) is 1. The lowest BCUT2D eigenvalue weighted by molar-refractivity contribution is -0.136. The van der Waals surface area contributed by atoms with E-state index in [0.717, 1.165) is 50.8 Å². The Labute approximate surface area is 124 Å². The first kappa shape index (κ1) is 13.3. The Morgan fingerprint density at radius 2 is 1.86 bits per heavy atom. The number of halogens is 1. The number of amides is 1. The van der Waals surface area contributed by atoms with Gasteiger partial charge in [-0.25, -0.2) is 4.39 Å². The summed E-state index contributed by atoms with van der Waals surface area (Å²) in [5.41, 5.74) is 0.629. The summed E-state index contributed by atoms with van der Waals surface area (Å²) in [6, 6.07) is 7.28. The van der Waals surface area contributed by atoms with E-state index in [1.54, 1.807) is 12.1 Å². The van der Waals surface area contributed by atoms with Gasteiger partial charge in [-0.05, 0) is 56.3 Å². The van der Waals surface area contributed by atoms with Crippen LogP contribution in [0, 0.1) is 5.82 Å². The molecule has 3 nitrogen and oxygen atoms in total. The molecule has 1 aromatic rings. The molecule has 4 heteroatoms. The van der Waals surface area contributed by atoms with Gasteiger partial charge in [0.05, 0.1) is 5.41 Å². The van der Waals surface area contributed by atoms with Gasteiger partial charge in [-0.3, -0.25) is 4.79 Å². The van der Waals surface area contributed by atoms with Crippen molar-refractivity contribution in [1.82, 2.24) is 10.2 Å². The quantitative estimate of drug-likeness (QED) is 0.905. The molecule has 2 saturated heterocycles. The third kappa shape index (κ3) is 2.08. The number of fused-ring (bicyclic) bond motifs is 2. The van der Waals surface area contributed by atoms with E-state index >= 15 is 0 Å². The van der Waals surface area contributed by atoms with Crippen molar-refractivity contribution in [3.63, 3.8) is 0 Å². The molecule has 2 heterocycles. The fourth-order valence-electron chi connectivity index (χ4n) is 4.08. The van der Waals surface area contributed by atoms with Crippen LogP contribution in [0.2, 0.25) is 0 Å². The fourth-order valence-corrected chi connectivity index (χ4v) is 4.08. The monoisotopic (exact) mass is 288 g/mol. The zero-order chi connectivity index (χ0) is 14.4. The van der Waals surface area contributed by atoms with Gasteiger partial charge in [0, 0.05) is 18.6 Å². The van der Waals surface area contributed by atoms with Gasteiger partial charge in [0.15, 0.2) is 0 Å². The summed E-state index contributed by atoms with van der Waals surface area (Å²) >= 11 is 0. The van der Waals surface area contributed by atoms with Crippen molar-refractivity contribution in [2.75, 3.05) is 13.1 Å². The zero-order valence-electron chi connectivity index (χ0n) is 12.1. The Bertz CT molecular complexity index is 538. The van der Waals surface area contributed by atoms with Gasteiger partial charge in [-0.1, -0.05) is 12.1 Å². The second kappa shape index (κ2) is 4.80. The Kier molecular flexibility index (Phi) is 3.03. The minimum atomic E-state index is -0.362. The van der Waals surface area contributed by atoms with E-state index in [-0.39, 0.29) is 17.1 Å². The number of carbonyl (C=O) groups is 1. The van der Waals surface area contributed by atoms with Crippen molar-refractivity contribution in [2.24, 2.45) is 0 Å². The number of nitrogens with one attached hydrogen (secondary N) is 1. The standard InChI is InChI=1S/C17H21FN2O/c18-13-3-1-12(2-4-13)17(8-9-17)16(21)20-14-5-6-15(20)11-19-10-7-14/h1-4,14-15,19H,5-11H2. The lowest BCUT2D eigenvalue weighted by Gasteiger charge is -2.32. The molecule has 0 radical (unpaired) electrons. The van der Waals surface area contributed by atoms with Gasteiger partial charge < -0.3 is 10.2 Å². The summed E-state index contributed by atoms with van der Waals surface area (Å²) in [6.45, 7) is 1.93. The molecule has 1 amide bonds. The van der Waals surface area contributed by atoms with Crippen LogP contribution in [0.25, 0.3) is 0 Å². The SMILES string of the molecule is O=C(N1C2CCNCC1CC2)C1(c2ccc(F)cc2)CC1. The van der Waals surface area contributed by atoms with Gasteiger partial charge in [0.1, 0.15) is 5.82 Å². The lowest BCUT2D eigenvalue weighted by atomic mass is 9.93. The van der Waals surface area contributed by atoms with Crippen molar-refractivity contribution in [3.8, 4) is 0 Å². The molecular weight excluding hydrogens is 267 g/mol. The minimum absolute atomic E-state index is 0.235. The lowest BCUT2D eigenvalue weighted by Crippen LogP contribution is -2.47. The van der Waals surface area contributed by atoms with Crippen LogP contribution < -0.4 is 5.32 Å². The van der Waals surface area contributed by atoms with Crippen LogP contribution >= 0.6 is 0 Å². The molecular formula is C17H21FN2O. The van der Waals surface area contributed by atoms with E-state index in [4.69, 9.17) is 0 Å². The molecule has 1 aromatic carbocycles. The maximum atomic E-state index is 13.2. The highest BCUT2D eigenvalue weighted by molar-refractivity contribution is 5.92. The Balaban J connectivity index is 1.63. The van der Waals surface area contributed by atoms with E-state index in [2.05, 4.69) is 10.2 Å². The first-order chi connectivity index (χ1) is 10.2. The molecule has 2 aliphatic heterocycles. The van der Waals surface area contributed by atoms with Crippen LogP contribution in [-0.2, 0) is 10.2 Å². The molecule has 1 saturated carbocycles. The van der Waals surface area contributed by atoms with Gasteiger partial charge in [-0.15, -0.1) is 0 Å². The number of benzene rings is 1. The van der Waals surface area contributed by atoms with E-state index in [1.165, 1.54) is 12.1 Å². The average molecular weight is 288 g/mol. The summed E-state index contributed by atoms with van der Waals surface area (Å²) < 4.78 is 13.1. The molecule has 3 fully saturated rings. The summed E-state index contributed by atoms with van der Waals surface area (Å²) in [4.78, 5) is 15.3. The molecule has 21 heavy (non-hydrogen) atoms. The fraction of sp³-hybridized carbons (Fsp3) is 0.588. The number of rotatable bonds is 2. The molecule has 2 atom stereocenters. The van der Waals surface area contributed by atoms with Crippen LogP contribution in [0.5, 0.6) is 0 Å². The van der Waals surface area contributed by atoms with Gasteiger partial charge in [-0.2, -0.15) is 0 Å². The van der Waals surface area contributed by atoms with Crippen molar-refractivity contribution in [2.45, 2.75) is 49.6 Å². The largest absolute Gasteiger partial charge is 0.335 e.